The van der Waals surface area contributed by atoms with Gasteiger partial charge >= 0.3 is 12.2 Å². The van der Waals surface area contributed by atoms with Crippen LogP contribution in [0.25, 0.3) is 33.3 Å². The average Bonchev–Trinajstić information content (AvgIpc) is 3.61. The number of nitrogens with zero attached hydrogens (tertiary/aromatic N) is 4. The van der Waals surface area contributed by atoms with Crippen LogP contribution in [0.4, 0.5) is 9.59 Å². The number of rotatable bonds is 5. The molecule has 1 amide bonds. The Morgan fingerprint density at radius 2 is 1.59 bits per heavy atom. The van der Waals surface area contributed by atoms with Crippen molar-refractivity contribution < 1.29 is 23.8 Å². The molecular weight excluding hydrogens is 520 g/mol. The molecule has 1 aliphatic heterocycles. The number of amides is 1. The maximum absolute atomic E-state index is 12.8. The zero-order valence-electron chi connectivity index (χ0n) is 24.6. The van der Waals surface area contributed by atoms with Crippen molar-refractivity contribution in [3.8, 4) is 28.1 Å². The largest absolute Gasteiger partial charge is 0.490 e. The van der Waals surface area contributed by atoms with Gasteiger partial charge in [-0.25, -0.2) is 9.59 Å². The molecule has 9 heteroatoms. The van der Waals surface area contributed by atoms with Gasteiger partial charge in [0, 0.05) is 23.1 Å². The van der Waals surface area contributed by atoms with Gasteiger partial charge in [0.1, 0.15) is 23.6 Å². The molecule has 2 aromatic carbocycles. The lowest BCUT2D eigenvalue weighted by Gasteiger charge is -2.20. The average molecular weight is 557 g/mol. The van der Waals surface area contributed by atoms with Crippen molar-refractivity contribution in [2.24, 2.45) is 0 Å². The fourth-order valence-electron chi connectivity index (χ4n) is 4.51. The van der Waals surface area contributed by atoms with Crippen molar-refractivity contribution >= 4 is 23.1 Å². The first-order chi connectivity index (χ1) is 19.3. The van der Waals surface area contributed by atoms with Crippen molar-refractivity contribution in [3.63, 3.8) is 0 Å². The van der Waals surface area contributed by atoms with Gasteiger partial charge < -0.3 is 14.2 Å². The summed E-state index contributed by atoms with van der Waals surface area (Å²) in [7, 11) is 0. The normalized spacial score (nSPS) is 15.1. The summed E-state index contributed by atoms with van der Waals surface area (Å²) in [5, 5.41) is 5.30. The molecule has 9 nitrogen and oxygen atoms in total. The van der Waals surface area contributed by atoms with Gasteiger partial charge in [-0.1, -0.05) is 36.4 Å². The molecule has 0 spiro atoms. The van der Waals surface area contributed by atoms with Crippen molar-refractivity contribution in [3.05, 3.63) is 66.5 Å². The number of aromatic nitrogens is 3. The second kappa shape index (κ2) is 10.5. The third-order valence-electron chi connectivity index (χ3n) is 6.44. The van der Waals surface area contributed by atoms with Gasteiger partial charge in [-0.3, -0.25) is 9.88 Å². The molecule has 5 rings (SSSR count). The third kappa shape index (κ3) is 6.51. The van der Waals surface area contributed by atoms with Crippen molar-refractivity contribution in [2.75, 3.05) is 13.2 Å². The minimum Gasteiger partial charge on any atom is -0.490 e. The molecule has 4 aromatic rings. The van der Waals surface area contributed by atoms with E-state index in [0.29, 0.717) is 30.1 Å². The second-order valence-electron chi connectivity index (χ2n) is 12.2. The highest BCUT2D eigenvalue weighted by atomic mass is 16.6. The van der Waals surface area contributed by atoms with Crippen LogP contribution < -0.4 is 4.74 Å². The molecule has 0 saturated carbocycles. The number of hydrogen-bond acceptors (Lipinski definition) is 7. The Morgan fingerprint density at radius 3 is 2.27 bits per heavy atom. The molecule has 41 heavy (non-hydrogen) atoms. The molecule has 1 aliphatic rings. The number of fused-ring (bicyclic) bond motifs is 1. The van der Waals surface area contributed by atoms with E-state index < -0.39 is 17.3 Å². The number of aryl methyl sites for hydroxylation is 1. The maximum Gasteiger partial charge on any atom is 0.435 e. The molecule has 0 unspecified atom stereocenters. The number of carbonyl (C=O) groups is 2. The summed E-state index contributed by atoms with van der Waals surface area (Å²) in [6, 6.07) is 17.7. The lowest BCUT2D eigenvalue weighted by atomic mass is 9.98. The van der Waals surface area contributed by atoms with E-state index in [2.05, 4.69) is 5.10 Å². The van der Waals surface area contributed by atoms with E-state index in [1.807, 2.05) is 103 Å². The van der Waals surface area contributed by atoms with E-state index in [0.717, 1.165) is 27.8 Å². The third-order valence-corrected chi connectivity index (χ3v) is 6.44. The SMILES string of the molecule is Cc1nn(C(=O)OC(C)(C)C)c2ccc(-c3cc(OC[C@@H]4CN4C(=O)OC(C)(C)C)cnc3-c3ccccc3)cc12. The number of hydrogen-bond donors (Lipinski definition) is 0. The molecule has 0 aliphatic carbocycles. The van der Waals surface area contributed by atoms with Crippen LogP contribution in [0.2, 0.25) is 0 Å². The summed E-state index contributed by atoms with van der Waals surface area (Å²) in [5.41, 5.74) is 3.75. The van der Waals surface area contributed by atoms with Gasteiger partial charge in [-0.15, -0.1) is 0 Å². The Kier molecular flexibility index (Phi) is 7.23. The summed E-state index contributed by atoms with van der Waals surface area (Å²) >= 11 is 0. The molecule has 0 N–H and O–H groups in total. The molecule has 1 fully saturated rings. The van der Waals surface area contributed by atoms with E-state index in [1.165, 1.54) is 4.68 Å². The first kappa shape index (κ1) is 28.1. The number of benzene rings is 2. The Morgan fingerprint density at radius 1 is 0.902 bits per heavy atom. The molecule has 214 valence electrons. The molecule has 0 radical (unpaired) electrons. The highest BCUT2D eigenvalue weighted by Crippen LogP contribution is 2.36. The van der Waals surface area contributed by atoms with E-state index in [4.69, 9.17) is 19.2 Å². The van der Waals surface area contributed by atoms with E-state index in [1.54, 1.807) is 11.1 Å². The highest BCUT2D eigenvalue weighted by molar-refractivity contribution is 5.94. The fraction of sp³-hybridized carbons (Fsp3) is 0.375. The van der Waals surface area contributed by atoms with Gasteiger partial charge in [0.2, 0.25) is 0 Å². The molecule has 1 saturated heterocycles. The second-order valence-corrected chi connectivity index (χ2v) is 12.2. The summed E-state index contributed by atoms with van der Waals surface area (Å²) in [6.45, 7) is 13.8. The predicted octanol–water partition coefficient (Wildman–Crippen LogP) is 6.86. The first-order valence-corrected chi connectivity index (χ1v) is 13.7. The van der Waals surface area contributed by atoms with Crippen LogP contribution in [0.1, 0.15) is 47.2 Å². The van der Waals surface area contributed by atoms with Crippen LogP contribution in [0.3, 0.4) is 0 Å². The van der Waals surface area contributed by atoms with Crippen LogP contribution >= 0.6 is 0 Å². The highest BCUT2D eigenvalue weighted by Gasteiger charge is 2.41. The van der Waals surface area contributed by atoms with Gasteiger partial charge in [0.25, 0.3) is 0 Å². The van der Waals surface area contributed by atoms with E-state index in [-0.39, 0.29) is 12.1 Å². The van der Waals surface area contributed by atoms with Crippen LogP contribution in [0, 0.1) is 6.92 Å². The molecule has 1 atom stereocenters. The summed E-state index contributed by atoms with van der Waals surface area (Å²) in [6.07, 6.45) is 0.849. The Labute approximate surface area is 240 Å². The Hall–Kier alpha value is -4.40. The Bertz CT molecular complexity index is 1600. The quantitative estimate of drug-likeness (QED) is 0.248. The molecule has 2 aromatic heterocycles. The van der Waals surface area contributed by atoms with Crippen LogP contribution in [-0.4, -0.2) is 62.2 Å². The molecular formula is C32H36N4O5. The van der Waals surface area contributed by atoms with Crippen LogP contribution in [0.5, 0.6) is 5.75 Å². The fourth-order valence-corrected chi connectivity index (χ4v) is 4.51. The summed E-state index contributed by atoms with van der Waals surface area (Å²) in [5.74, 6) is 0.594. The Balaban J connectivity index is 1.44. The zero-order chi connectivity index (χ0) is 29.5. The van der Waals surface area contributed by atoms with Gasteiger partial charge in [0.15, 0.2) is 0 Å². The lowest BCUT2D eigenvalue weighted by Crippen LogP contribution is -2.28. The predicted molar refractivity (Wildman–Crippen MR) is 157 cm³/mol. The number of carbonyl (C=O) groups excluding carboxylic acids is 2. The van der Waals surface area contributed by atoms with Crippen molar-refractivity contribution in [2.45, 2.75) is 65.7 Å². The number of ether oxygens (including phenoxy) is 3. The van der Waals surface area contributed by atoms with E-state index >= 15 is 0 Å². The topological polar surface area (TPSA) is 95.6 Å². The monoisotopic (exact) mass is 556 g/mol. The minimum absolute atomic E-state index is 0.0419. The van der Waals surface area contributed by atoms with Crippen molar-refractivity contribution in [1.82, 2.24) is 19.7 Å². The van der Waals surface area contributed by atoms with Gasteiger partial charge in [0.05, 0.1) is 29.1 Å². The maximum atomic E-state index is 12.8. The van der Waals surface area contributed by atoms with Crippen molar-refractivity contribution in [1.29, 1.82) is 0 Å². The van der Waals surface area contributed by atoms with E-state index in [9.17, 15) is 9.59 Å². The standard InChI is InChI=1S/C32H36N4O5/c1-20-25-15-22(13-14-27(25)36(34-20)30(38)41-32(5,6)7)26-16-24(17-33-28(26)21-11-9-8-10-12-21)39-19-23-18-35(23)29(37)40-31(2,3)4/h8-17,23H,18-19H2,1-7H3/t23-,35?/m0/s1. The first-order valence-electron chi connectivity index (χ1n) is 13.7. The lowest BCUT2D eigenvalue weighted by molar-refractivity contribution is 0.0397. The van der Waals surface area contributed by atoms with Gasteiger partial charge in [-0.05, 0) is 72.2 Å². The summed E-state index contributed by atoms with van der Waals surface area (Å²) < 4.78 is 18.4. The van der Waals surface area contributed by atoms with Gasteiger partial charge in [-0.2, -0.15) is 9.78 Å². The molecule has 0 bridgehead atoms. The minimum atomic E-state index is -0.635. The van der Waals surface area contributed by atoms with Crippen LogP contribution in [0.15, 0.2) is 60.8 Å². The zero-order valence-corrected chi connectivity index (χ0v) is 24.6. The number of pyridine rings is 1. The molecule has 3 heterocycles. The van der Waals surface area contributed by atoms with Crippen LogP contribution in [-0.2, 0) is 9.47 Å². The summed E-state index contributed by atoms with van der Waals surface area (Å²) in [4.78, 5) is 31.6. The smallest absolute Gasteiger partial charge is 0.435 e.